The Morgan fingerprint density at radius 1 is 1.25 bits per heavy atom. The fraction of sp³-hybridized carbons (Fsp3) is 0.385. The Hall–Kier alpha value is -3.63. The van der Waals surface area contributed by atoms with Crippen LogP contribution in [0.15, 0.2) is 36.4 Å². The van der Waals surface area contributed by atoms with Gasteiger partial charge in [0.15, 0.2) is 11.6 Å². The van der Waals surface area contributed by atoms with Gasteiger partial charge in [-0.15, -0.1) is 0 Å². The standard InChI is InChI=1S/C26H29FN4O5/c1-26-14-18-17-12-21(36-3)19(27)13-20(17)28-22(18)23(15-5-4-6-16(33)11-15)31(26)25(35)30(24(26)34)8-7-29(2)9-10-32/h4-6,11-13,23,28,32-33H,7-10,14H2,1-3H3/t23-,26+/m1/s1. The number of phenols is 1. The number of hydrogen-bond acceptors (Lipinski definition) is 6. The molecule has 2 aliphatic rings. The Morgan fingerprint density at radius 3 is 2.72 bits per heavy atom. The number of phenolic OH excluding ortho intramolecular Hbond substituents is 1. The predicted molar refractivity (Wildman–Crippen MR) is 130 cm³/mol. The Morgan fingerprint density at radius 2 is 2.03 bits per heavy atom. The highest BCUT2D eigenvalue weighted by Gasteiger charge is 2.60. The van der Waals surface area contributed by atoms with E-state index in [0.717, 1.165) is 10.9 Å². The van der Waals surface area contributed by atoms with Crippen molar-refractivity contribution in [1.82, 2.24) is 19.7 Å². The smallest absolute Gasteiger partial charge is 0.328 e. The number of aromatic amines is 1. The molecule has 3 aromatic rings. The van der Waals surface area contributed by atoms with E-state index in [1.807, 2.05) is 11.9 Å². The third kappa shape index (κ3) is 3.59. The molecule has 3 amide bonds. The molecule has 3 N–H and O–H groups in total. The average molecular weight is 497 g/mol. The number of carbonyl (C=O) groups excluding carboxylic acids is 2. The van der Waals surface area contributed by atoms with Gasteiger partial charge in [0.1, 0.15) is 17.3 Å². The molecule has 10 heteroatoms. The van der Waals surface area contributed by atoms with Crippen molar-refractivity contribution in [2.24, 2.45) is 0 Å². The lowest BCUT2D eigenvalue weighted by Crippen LogP contribution is -2.53. The maximum absolute atomic E-state index is 14.5. The summed E-state index contributed by atoms with van der Waals surface area (Å²) in [4.78, 5) is 35.5. The molecule has 1 saturated heterocycles. The first-order valence-electron chi connectivity index (χ1n) is 11.8. The number of benzene rings is 2. The van der Waals surface area contributed by atoms with Crippen molar-refractivity contribution in [1.29, 1.82) is 0 Å². The number of urea groups is 1. The van der Waals surface area contributed by atoms with E-state index in [4.69, 9.17) is 4.74 Å². The van der Waals surface area contributed by atoms with Crippen LogP contribution in [0.2, 0.25) is 0 Å². The Kier molecular flexibility index (Phi) is 5.88. The topological polar surface area (TPSA) is 109 Å². The fourth-order valence-electron chi connectivity index (χ4n) is 5.46. The summed E-state index contributed by atoms with van der Waals surface area (Å²) in [5.41, 5.74) is 1.45. The minimum absolute atomic E-state index is 0.0203. The van der Waals surface area contributed by atoms with Crippen molar-refractivity contribution >= 4 is 22.8 Å². The number of hydrogen-bond donors (Lipinski definition) is 3. The van der Waals surface area contributed by atoms with Crippen LogP contribution in [0.4, 0.5) is 9.18 Å². The number of aliphatic hydroxyl groups excluding tert-OH is 1. The number of halogens is 1. The minimum atomic E-state index is -1.19. The van der Waals surface area contributed by atoms with Crippen molar-refractivity contribution in [3.63, 3.8) is 0 Å². The highest BCUT2D eigenvalue weighted by molar-refractivity contribution is 6.08. The maximum Gasteiger partial charge on any atom is 0.328 e. The van der Waals surface area contributed by atoms with Crippen LogP contribution in [0.1, 0.15) is 29.8 Å². The molecular weight excluding hydrogens is 467 g/mol. The number of nitrogens with zero attached hydrogens (tertiary/aromatic N) is 3. The van der Waals surface area contributed by atoms with Crippen molar-refractivity contribution in [3.05, 3.63) is 59.0 Å². The number of ether oxygens (including phenoxy) is 1. The van der Waals surface area contributed by atoms with Gasteiger partial charge in [-0.25, -0.2) is 9.18 Å². The van der Waals surface area contributed by atoms with E-state index in [9.17, 15) is 24.2 Å². The SMILES string of the molecule is COc1cc2c3c([nH]c2cc1F)[C@@H](c1cccc(O)c1)N1C(=O)N(CCN(C)CCO)C(=O)[C@]1(C)C3. The van der Waals surface area contributed by atoms with Crippen molar-refractivity contribution in [2.75, 3.05) is 40.4 Å². The molecule has 0 saturated carbocycles. The van der Waals surface area contributed by atoms with Crippen LogP contribution >= 0.6 is 0 Å². The number of carbonyl (C=O) groups is 2. The summed E-state index contributed by atoms with van der Waals surface area (Å²) in [5, 5.41) is 20.1. The van der Waals surface area contributed by atoms with E-state index in [1.165, 1.54) is 24.1 Å². The van der Waals surface area contributed by atoms with E-state index < -0.39 is 23.4 Å². The summed E-state index contributed by atoms with van der Waals surface area (Å²) in [6, 6.07) is 8.42. The molecule has 0 aliphatic carbocycles. The molecule has 0 bridgehead atoms. The predicted octanol–water partition coefficient (Wildman–Crippen LogP) is 2.61. The molecule has 190 valence electrons. The fourth-order valence-corrected chi connectivity index (χ4v) is 5.46. The molecule has 5 rings (SSSR count). The summed E-state index contributed by atoms with van der Waals surface area (Å²) in [7, 11) is 3.21. The van der Waals surface area contributed by atoms with Gasteiger partial charge in [-0.3, -0.25) is 14.6 Å². The van der Waals surface area contributed by atoms with Gasteiger partial charge in [-0.2, -0.15) is 0 Å². The molecule has 36 heavy (non-hydrogen) atoms. The molecule has 0 spiro atoms. The number of aliphatic hydroxyl groups is 1. The maximum atomic E-state index is 14.5. The Bertz CT molecular complexity index is 1360. The summed E-state index contributed by atoms with van der Waals surface area (Å²) >= 11 is 0. The molecule has 3 heterocycles. The lowest BCUT2D eigenvalue weighted by Gasteiger charge is -2.42. The first-order valence-corrected chi connectivity index (χ1v) is 11.8. The van der Waals surface area contributed by atoms with Crippen LogP contribution in [-0.4, -0.2) is 87.8 Å². The number of nitrogens with one attached hydrogen (secondary N) is 1. The number of rotatable bonds is 7. The summed E-state index contributed by atoms with van der Waals surface area (Å²) in [6.07, 6.45) is 0.236. The third-order valence-corrected chi connectivity index (χ3v) is 7.31. The largest absolute Gasteiger partial charge is 0.508 e. The van der Waals surface area contributed by atoms with Gasteiger partial charge in [0.05, 0.1) is 13.7 Å². The van der Waals surface area contributed by atoms with Crippen LogP contribution in [0.25, 0.3) is 10.9 Å². The van der Waals surface area contributed by atoms with Crippen molar-refractivity contribution in [3.8, 4) is 11.5 Å². The highest BCUT2D eigenvalue weighted by Crippen LogP contribution is 2.49. The highest BCUT2D eigenvalue weighted by atomic mass is 19.1. The van der Waals surface area contributed by atoms with Gasteiger partial charge in [0, 0.05) is 48.7 Å². The molecule has 2 aromatic carbocycles. The number of aromatic hydroxyl groups is 1. The number of methoxy groups -OCH3 is 1. The van der Waals surface area contributed by atoms with E-state index in [1.54, 1.807) is 36.1 Å². The molecule has 2 atom stereocenters. The van der Waals surface area contributed by atoms with E-state index in [2.05, 4.69) is 4.98 Å². The van der Waals surface area contributed by atoms with E-state index >= 15 is 0 Å². The second-order valence-corrected chi connectivity index (χ2v) is 9.63. The van der Waals surface area contributed by atoms with Crippen LogP contribution in [-0.2, 0) is 11.2 Å². The first-order chi connectivity index (χ1) is 17.2. The number of fused-ring (bicyclic) bond motifs is 4. The second kappa shape index (κ2) is 8.79. The van der Waals surface area contributed by atoms with Gasteiger partial charge in [0.25, 0.3) is 5.91 Å². The minimum Gasteiger partial charge on any atom is -0.508 e. The van der Waals surface area contributed by atoms with Crippen LogP contribution in [0, 0.1) is 5.82 Å². The lowest BCUT2D eigenvalue weighted by molar-refractivity contribution is -0.133. The zero-order valence-electron chi connectivity index (χ0n) is 20.4. The number of H-pyrrole nitrogens is 1. The van der Waals surface area contributed by atoms with Gasteiger partial charge in [-0.1, -0.05) is 12.1 Å². The quantitative estimate of drug-likeness (QED) is 0.434. The van der Waals surface area contributed by atoms with Gasteiger partial charge >= 0.3 is 6.03 Å². The van der Waals surface area contributed by atoms with Crippen LogP contribution in [0.5, 0.6) is 11.5 Å². The zero-order chi connectivity index (χ0) is 25.8. The van der Waals surface area contributed by atoms with Crippen LogP contribution < -0.4 is 4.74 Å². The number of imide groups is 1. The molecule has 0 radical (unpaired) electrons. The van der Waals surface area contributed by atoms with Gasteiger partial charge in [-0.05, 0) is 43.3 Å². The molecule has 2 aliphatic heterocycles. The molecule has 9 nitrogen and oxygen atoms in total. The molecule has 1 fully saturated rings. The molecule has 1 aromatic heterocycles. The zero-order valence-corrected chi connectivity index (χ0v) is 20.4. The number of amides is 3. The van der Waals surface area contributed by atoms with E-state index in [-0.39, 0.29) is 37.0 Å². The third-order valence-electron chi connectivity index (χ3n) is 7.31. The molecular formula is C26H29FN4O5. The van der Waals surface area contributed by atoms with Gasteiger partial charge in [0.2, 0.25) is 0 Å². The Labute approximate surface area is 207 Å². The lowest BCUT2D eigenvalue weighted by atomic mass is 9.81. The van der Waals surface area contributed by atoms with E-state index in [0.29, 0.717) is 29.9 Å². The summed E-state index contributed by atoms with van der Waals surface area (Å²) in [6.45, 7) is 2.76. The monoisotopic (exact) mass is 496 g/mol. The van der Waals surface area contributed by atoms with Crippen LogP contribution in [0.3, 0.4) is 0 Å². The first kappa shape index (κ1) is 24.1. The number of likely N-dealkylation sites (N-methyl/N-ethyl adjacent to an activating group) is 1. The second-order valence-electron chi connectivity index (χ2n) is 9.63. The Balaban J connectivity index is 1.66. The van der Waals surface area contributed by atoms with Gasteiger partial charge < -0.3 is 24.8 Å². The number of aromatic nitrogens is 1. The summed E-state index contributed by atoms with van der Waals surface area (Å²) < 4.78 is 19.7. The molecule has 0 unspecified atom stereocenters. The summed E-state index contributed by atoms with van der Waals surface area (Å²) in [5.74, 6) is -0.711. The van der Waals surface area contributed by atoms with Crippen molar-refractivity contribution in [2.45, 2.75) is 24.9 Å². The average Bonchev–Trinajstić information content (AvgIpc) is 3.27. The van der Waals surface area contributed by atoms with Crippen molar-refractivity contribution < 1.29 is 28.9 Å². The normalized spacial score (nSPS) is 21.4.